The highest BCUT2D eigenvalue weighted by molar-refractivity contribution is 9.10. The van der Waals surface area contributed by atoms with Crippen LogP contribution in [0.3, 0.4) is 0 Å². The molecule has 0 saturated heterocycles. The normalized spacial score (nSPS) is 14.5. The van der Waals surface area contributed by atoms with E-state index in [0.29, 0.717) is 12.5 Å². The molecule has 4 rings (SSSR count). The molecule has 0 amide bonds. The standard InChI is InChI=1S/C16H14BrN3O/c17-11-3-4-13(18-8-11)9-19-12-5-6-15-14(7-12)20-16(21-15)10-1-2-10/h3-8,10,19H,1-2,9H2. The van der Waals surface area contributed by atoms with Gasteiger partial charge in [-0.2, -0.15) is 0 Å². The molecule has 0 spiro atoms. The highest BCUT2D eigenvalue weighted by Gasteiger charge is 2.28. The smallest absolute Gasteiger partial charge is 0.198 e. The molecule has 1 aromatic carbocycles. The van der Waals surface area contributed by atoms with Crippen LogP contribution in [-0.2, 0) is 6.54 Å². The van der Waals surface area contributed by atoms with Gasteiger partial charge in [0.2, 0.25) is 0 Å². The van der Waals surface area contributed by atoms with Crippen molar-refractivity contribution in [2.45, 2.75) is 25.3 Å². The van der Waals surface area contributed by atoms with Crippen molar-refractivity contribution in [1.29, 1.82) is 0 Å². The maximum absolute atomic E-state index is 5.77. The quantitative estimate of drug-likeness (QED) is 0.758. The third kappa shape index (κ3) is 2.78. The zero-order chi connectivity index (χ0) is 14.2. The van der Waals surface area contributed by atoms with Crippen LogP contribution in [0.4, 0.5) is 5.69 Å². The zero-order valence-electron chi connectivity index (χ0n) is 11.3. The number of rotatable bonds is 4. The summed E-state index contributed by atoms with van der Waals surface area (Å²) >= 11 is 3.39. The van der Waals surface area contributed by atoms with Gasteiger partial charge in [0.1, 0.15) is 5.52 Å². The van der Waals surface area contributed by atoms with Gasteiger partial charge < -0.3 is 9.73 Å². The first-order valence-corrected chi connectivity index (χ1v) is 7.82. The first kappa shape index (κ1) is 12.8. The van der Waals surface area contributed by atoms with E-state index in [1.165, 1.54) is 12.8 Å². The van der Waals surface area contributed by atoms with Gasteiger partial charge in [0.05, 0.1) is 12.2 Å². The van der Waals surface area contributed by atoms with Crippen LogP contribution in [0.2, 0.25) is 0 Å². The number of halogens is 1. The molecule has 1 aliphatic rings. The number of nitrogens with zero attached hydrogens (tertiary/aromatic N) is 2. The van der Waals surface area contributed by atoms with Crippen LogP contribution in [0.15, 0.2) is 45.4 Å². The Bertz CT molecular complexity index is 778. The fourth-order valence-corrected chi connectivity index (χ4v) is 2.50. The van der Waals surface area contributed by atoms with Crippen molar-refractivity contribution in [3.63, 3.8) is 0 Å². The van der Waals surface area contributed by atoms with Crippen LogP contribution in [0.25, 0.3) is 11.1 Å². The Balaban J connectivity index is 1.51. The summed E-state index contributed by atoms with van der Waals surface area (Å²) in [5.74, 6) is 1.43. The summed E-state index contributed by atoms with van der Waals surface area (Å²) in [6.07, 6.45) is 4.21. The van der Waals surface area contributed by atoms with E-state index in [0.717, 1.165) is 32.8 Å². The molecule has 1 aliphatic carbocycles. The molecule has 0 atom stereocenters. The number of fused-ring (bicyclic) bond motifs is 1. The maximum Gasteiger partial charge on any atom is 0.198 e. The van der Waals surface area contributed by atoms with Crippen LogP contribution >= 0.6 is 15.9 Å². The number of benzene rings is 1. The molecule has 0 aliphatic heterocycles. The van der Waals surface area contributed by atoms with E-state index in [-0.39, 0.29) is 0 Å². The van der Waals surface area contributed by atoms with Crippen LogP contribution < -0.4 is 5.32 Å². The summed E-state index contributed by atoms with van der Waals surface area (Å²) in [5.41, 5.74) is 3.81. The van der Waals surface area contributed by atoms with Crippen LogP contribution in [-0.4, -0.2) is 9.97 Å². The molecule has 1 saturated carbocycles. The average Bonchev–Trinajstić information content (AvgIpc) is 3.26. The zero-order valence-corrected chi connectivity index (χ0v) is 12.9. The Morgan fingerprint density at radius 3 is 2.90 bits per heavy atom. The molecule has 2 heterocycles. The number of pyridine rings is 1. The van der Waals surface area contributed by atoms with E-state index >= 15 is 0 Å². The van der Waals surface area contributed by atoms with E-state index in [4.69, 9.17) is 4.42 Å². The second-order valence-corrected chi connectivity index (χ2v) is 6.25. The van der Waals surface area contributed by atoms with Gasteiger partial charge in [-0.1, -0.05) is 0 Å². The largest absolute Gasteiger partial charge is 0.440 e. The first-order chi connectivity index (χ1) is 10.3. The molecule has 0 radical (unpaired) electrons. The van der Waals surface area contributed by atoms with Gasteiger partial charge in [-0.3, -0.25) is 4.98 Å². The third-order valence-electron chi connectivity index (χ3n) is 3.59. The second-order valence-electron chi connectivity index (χ2n) is 5.33. The summed E-state index contributed by atoms with van der Waals surface area (Å²) in [4.78, 5) is 8.92. The number of oxazole rings is 1. The van der Waals surface area contributed by atoms with Gasteiger partial charge in [0, 0.05) is 22.3 Å². The highest BCUT2D eigenvalue weighted by Crippen LogP contribution is 2.40. The van der Waals surface area contributed by atoms with E-state index < -0.39 is 0 Å². The topological polar surface area (TPSA) is 51.0 Å². The minimum absolute atomic E-state index is 0.542. The molecule has 106 valence electrons. The molecular weight excluding hydrogens is 330 g/mol. The predicted molar refractivity (Wildman–Crippen MR) is 85.2 cm³/mol. The second kappa shape index (κ2) is 5.15. The van der Waals surface area contributed by atoms with Gasteiger partial charge in [-0.25, -0.2) is 4.98 Å². The molecular formula is C16H14BrN3O. The van der Waals surface area contributed by atoms with E-state index in [2.05, 4.69) is 31.2 Å². The lowest BCUT2D eigenvalue weighted by molar-refractivity contribution is 0.533. The van der Waals surface area contributed by atoms with Gasteiger partial charge in [0.25, 0.3) is 0 Å². The Labute approximate surface area is 130 Å². The van der Waals surface area contributed by atoms with Crippen molar-refractivity contribution in [1.82, 2.24) is 9.97 Å². The Morgan fingerprint density at radius 1 is 1.24 bits per heavy atom. The summed E-state index contributed by atoms with van der Waals surface area (Å²) in [5, 5.41) is 3.37. The molecule has 5 heteroatoms. The molecule has 0 unspecified atom stereocenters. The predicted octanol–water partition coefficient (Wildman–Crippen LogP) is 4.47. The fourth-order valence-electron chi connectivity index (χ4n) is 2.26. The number of aromatic nitrogens is 2. The van der Waals surface area contributed by atoms with Gasteiger partial charge in [-0.15, -0.1) is 0 Å². The summed E-state index contributed by atoms with van der Waals surface area (Å²) in [6, 6.07) is 10.0. The van der Waals surface area contributed by atoms with Gasteiger partial charge in [-0.05, 0) is 59.1 Å². The van der Waals surface area contributed by atoms with Gasteiger partial charge >= 0.3 is 0 Å². The minimum atomic E-state index is 0.542. The van der Waals surface area contributed by atoms with Crippen molar-refractivity contribution >= 4 is 32.7 Å². The van der Waals surface area contributed by atoms with Crippen molar-refractivity contribution in [2.75, 3.05) is 5.32 Å². The molecule has 1 fully saturated rings. The number of hydrogen-bond acceptors (Lipinski definition) is 4. The molecule has 0 bridgehead atoms. The lowest BCUT2D eigenvalue weighted by Crippen LogP contribution is -2.01. The number of hydrogen-bond donors (Lipinski definition) is 1. The third-order valence-corrected chi connectivity index (χ3v) is 4.06. The van der Waals surface area contributed by atoms with Crippen LogP contribution in [0, 0.1) is 0 Å². The Hall–Kier alpha value is -1.88. The lowest BCUT2D eigenvalue weighted by Gasteiger charge is -2.05. The molecule has 4 nitrogen and oxygen atoms in total. The van der Waals surface area contributed by atoms with E-state index in [1.54, 1.807) is 6.20 Å². The van der Waals surface area contributed by atoms with Crippen molar-refractivity contribution in [2.24, 2.45) is 0 Å². The highest BCUT2D eigenvalue weighted by atomic mass is 79.9. The summed E-state index contributed by atoms with van der Waals surface area (Å²) < 4.78 is 6.76. The van der Waals surface area contributed by atoms with Crippen molar-refractivity contribution < 1.29 is 4.42 Å². The first-order valence-electron chi connectivity index (χ1n) is 7.03. The van der Waals surface area contributed by atoms with Crippen LogP contribution in [0.1, 0.15) is 30.3 Å². The monoisotopic (exact) mass is 343 g/mol. The molecule has 2 aromatic heterocycles. The lowest BCUT2D eigenvalue weighted by atomic mass is 10.2. The minimum Gasteiger partial charge on any atom is -0.440 e. The molecule has 21 heavy (non-hydrogen) atoms. The maximum atomic E-state index is 5.77. The molecule has 3 aromatic rings. The van der Waals surface area contributed by atoms with E-state index in [9.17, 15) is 0 Å². The summed E-state index contributed by atoms with van der Waals surface area (Å²) in [7, 11) is 0. The number of nitrogens with one attached hydrogen (secondary N) is 1. The van der Waals surface area contributed by atoms with Gasteiger partial charge in [0.15, 0.2) is 11.5 Å². The van der Waals surface area contributed by atoms with Crippen molar-refractivity contribution in [3.8, 4) is 0 Å². The summed E-state index contributed by atoms with van der Waals surface area (Å²) in [6.45, 7) is 0.687. The average molecular weight is 344 g/mol. The fraction of sp³-hybridized carbons (Fsp3) is 0.250. The SMILES string of the molecule is Brc1ccc(CNc2ccc3oc(C4CC4)nc3c2)nc1. The van der Waals surface area contributed by atoms with E-state index in [1.807, 2.05) is 30.3 Å². The van der Waals surface area contributed by atoms with Crippen molar-refractivity contribution in [3.05, 3.63) is 52.6 Å². The molecule has 1 N–H and O–H groups in total. The van der Waals surface area contributed by atoms with Crippen LogP contribution in [0.5, 0.6) is 0 Å². The number of anilines is 1. The Morgan fingerprint density at radius 2 is 2.14 bits per heavy atom. The Kier molecular flexibility index (Phi) is 3.15.